The Labute approximate surface area is 140 Å². The summed E-state index contributed by atoms with van der Waals surface area (Å²) in [7, 11) is 0. The zero-order chi connectivity index (χ0) is 16.4. The third-order valence-corrected chi connectivity index (χ3v) is 4.47. The zero-order valence-electron chi connectivity index (χ0n) is 13.3. The number of rotatable bonds is 3. The minimum Gasteiger partial charge on any atom is -0.335 e. The number of hydrogen-bond donors (Lipinski definition) is 0. The van der Waals surface area contributed by atoms with Crippen LogP contribution in [0.3, 0.4) is 0 Å². The SMILES string of the molecule is O=C(c1cncn1-c1ccccc1)N1CCCC(n2cccn2)C1. The van der Waals surface area contributed by atoms with Gasteiger partial charge in [-0.3, -0.25) is 14.0 Å². The second-order valence-corrected chi connectivity index (χ2v) is 6.02. The minimum atomic E-state index is 0.0215. The van der Waals surface area contributed by atoms with Gasteiger partial charge in [-0.25, -0.2) is 4.98 Å². The molecule has 122 valence electrons. The van der Waals surface area contributed by atoms with Crippen molar-refractivity contribution in [3.8, 4) is 5.69 Å². The molecule has 0 saturated carbocycles. The van der Waals surface area contributed by atoms with Crippen LogP contribution in [0.25, 0.3) is 5.69 Å². The summed E-state index contributed by atoms with van der Waals surface area (Å²) in [6, 6.07) is 12.0. The normalized spacial score (nSPS) is 17.8. The molecule has 3 heterocycles. The van der Waals surface area contributed by atoms with E-state index in [9.17, 15) is 4.79 Å². The van der Waals surface area contributed by atoms with Crippen LogP contribution in [0.15, 0.2) is 61.3 Å². The first-order valence-electron chi connectivity index (χ1n) is 8.19. The molecule has 1 fully saturated rings. The van der Waals surface area contributed by atoms with Crippen LogP contribution in [0.4, 0.5) is 0 Å². The number of aromatic nitrogens is 4. The van der Waals surface area contributed by atoms with Crippen molar-refractivity contribution in [1.82, 2.24) is 24.2 Å². The summed E-state index contributed by atoms with van der Waals surface area (Å²) in [5.41, 5.74) is 1.54. The van der Waals surface area contributed by atoms with Gasteiger partial charge in [0.15, 0.2) is 0 Å². The number of imidazole rings is 1. The number of carbonyl (C=O) groups excluding carboxylic acids is 1. The van der Waals surface area contributed by atoms with Crippen molar-refractivity contribution in [2.75, 3.05) is 13.1 Å². The van der Waals surface area contributed by atoms with Crippen LogP contribution in [0.1, 0.15) is 29.4 Å². The lowest BCUT2D eigenvalue weighted by Gasteiger charge is -2.33. The Balaban J connectivity index is 1.57. The maximum absolute atomic E-state index is 13.0. The Morgan fingerprint density at radius 1 is 1.17 bits per heavy atom. The number of hydrogen-bond acceptors (Lipinski definition) is 3. The predicted molar refractivity (Wildman–Crippen MR) is 90.0 cm³/mol. The average Bonchev–Trinajstić information content (AvgIpc) is 3.34. The molecule has 1 unspecified atom stereocenters. The van der Waals surface area contributed by atoms with Crippen molar-refractivity contribution in [2.24, 2.45) is 0 Å². The molecule has 24 heavy (non-hydrogen) atoms. The van der Waals surface area contributed by atoms with Crippen molar-refractivity contribution < 1.29 is 4.79 Å². The summed E-state index contributed by atoms with van der Waals surface area (Å²) >= 11 is 0. The summed E-state index contributed by atoms with van der Waals surface area (Å²) in [5, 5.41) is 4.32. The van der Waals surface area contributed by atoms with Crippen molar-refractivity contribution >= 4 is 5.91 Å². The van der Waals surface area contributed by atoms with Gasteiger partial charge in [0, 0.05) is 31.2 Å². The predicted octanol–water partition coefficient (Wildman–Crippen LogP) is 2.55. The fourth-order valence-corrected chi connectivity index (χ4v) is 3.26. The molecule has 0 spiro atoms. The molecule has 1 saturated heterocycles. The smallest absolute Gasteiger partial charge is 0.272 e. The summed E-state index contributed by atoms with van der Waals surface area (Å²) in [5.74, 6) is 0.0215. The van der Waals surface area contributed by atoms with Crippen LogP contribution >= 0.6 is 0 Å². The highest BCUT2D eigenvalue weighted by Gasteiger charge is 2.27. The summed E-state index contributed by atoms with van der Waals surface area (Å²) in [4.78, 5) is 19.1. The molecule has 3 aromatic rings. The maximum atomic E-state index is 13.0. The number of amides is 1. The lowest BCUT2D eigenvalue weighted by atomic mass is 10.1. The first kappa shape index (κ1) is 14.7. The third kappa shape index (κ3) is 2.71. The topological polar surface area (TPSA) is 56.0 Å². The van der Waals surface area contributed by atoms with Crippen molar-refractivity contribution in [3.05, 3.63) is 67.0 Å². The minimum absolute atomic E-state index is 0.0215. The van der Waals surface area contributed by atoms with Crippen LogP contribution in [0, 0.1) is 0 Å². The molecule has 6 nitrogen and oxygen atoms in total. The second-order valence-electron chi connectivity index (χ2n) is 6.02. The van der Waals surface area contributed by atoms with Crippen LogP contribution < -0.4 is 0 Å². The molecular weight excluding hydrogens is 302 g/mol. The van der Waals surface area contributed by atoms with Gasteiger partial charge in [0.1, 0.15) is 5.69 Å². The van der Waals surface area contributed by atoms with E-state index < -0.39 is 0 Å². The Kier molecular flexibility index (Phi) is 3.86. The fourth-order valence-electron chi connectivity index (χ4n) is 3.26. The van der Waals surface area contributed by atoms with Gasteiger partial charge in [-0.15, -0.1) is 0 Å². The Morgan fingerprint density at radius 2 is 2.04 bits per heavy atom. The van der Waals surface area contributed by atoms with Crippen molar-refractivity contribution in [1.29, 1.82) is 0 Å². The zero-order valence-corrected chi connectivity index (χ0v) is 13.3. The van der Waals surface area contributed by atoms with Gasteiger partial charge in [-0.05, 0) is 31.0 Å². The Morgan fingerprint density at radius 3 is 2.83 bits per heavy atom. The summed E-state index contributed by atoms with van der Waals surface area (Å²) in [6.45, 7) is 1.46. The highest BCUT2D eigenvalue weighted by Crippen LogP contribution is 2.22. The van der Waals surface area contributed by atoms with E-state index in [1.807, 2.05) is 56.7 Å². The van der Waals surface area contributed by atoms with Crippen LogP contribution in [-0.4, -0.2) is 43.2 Å². The molecule has 1 aliphatic heterocycles. The van der Waals surface area contributed by atoms with Gasteiger partial charge >= 0.3 is 0 Å². The fraction of sp³-hybridized carbons (Fsp3) is 0.278. The van der Waals surface area contributed by atoms with E-state index in [2.05, 4.69) is 10.1 Å². The van der Waals surface area contributed by atoms with E-state index in [0.29, 0.717) is 12.2 Å². The Bertz CT molecular complexity index is 809. The Hall–Kier alpha value is -2.89. The van der Waals surface area contributed by atoms with Gasteiger partial charge < -0.3 is 4.90 Å². The van der Waals surface area contributed by atoms with Gasteiger partial charge in [0.05, 0.1) is 18.6 Å². The van der Waals surface area contributed by atoms with Gasteiger partial charge in [-0.1, -0.05) is 18.2 Å². The van der Waals surface area contributed by atoms with Crippen LogP contribution in [0.5, 0.6) is 0 Å². The van der Waals surface area contributed by atoms with E-state index in [1.165, 1.54) is 0 Å². The number of piperidine rings is 1. The van der Waals surface area contributed by atoms with Crippen LogP contribution in [0.2, 0.25) is 0 Å². The van der Waals surface area contributed by atoms with E-state index in [1.54, 1.807) is 18.7 Å². The van der Waals surface area contributed by atoms with Crippen molar-refractivity contribution in [3.63, 3.8) is 0 Å². The van der Waals surface area contributed by atoms with Gasteiger partial charge in [0.2, 0.25) is 0 Å². The largest absolute Gasteiger partial charge is 0.335 e. The highest BCUT2D eigenvalue weighted by molar-refractivity contribution is 5.93. The second kappa shape index (κ2) is 6.31. The number of para-hydroxylation sites is 1. The summed E-state index contributed by atoms with van der Waals surface area (Å²) in [6.07, 6.45) is 9.11. The van der Waals surface area contributed by atoms with E-state index in [-0.39, 0.29) is 11.9 Å². The lowest BCUT2D eigenvalue weighted by Crippen LogP contribution is -2.41. The molecule has 2 aromatic heterocycles. The molecule has 0 N–H and O–H groups in total. The van der Waals surface area contributed by atoms with Crippen LogP contribution in [-0.2, 0) is 0 Å². The molecule has 0 radical (unpaired) electrons. The number of carbonyl (C=O) groups is 1. The molecule has 6 heteroatoms. The maximum Gasteiger partial charge on any atom is 0.272 e. The van der Waals surface area contributed by atoms with Gasteiger partial charge in [-0.2, -0.15) is 5.10 Å². The monoisotopic (exact) mass is 321 g/mol. The molecule has 0 bridgehead atoms. The molecule has 0 aliphatic carbocycles. The molecule has 1 atom stereocenters. The molecule has 1 amide bonds. The summed E-state index contributed by atoms with van der Waals surface area (Å²) < 4.78 is 3.80. The van der Waals surface area contributed by atoms with E-state index in [4.69, 9.17) is 0 Å². The van der Waals surface area contributed by atoms with Crippen molar-refractivity contribution in [2.45, 2.75) is 18.9 Å². The molecule has 4 rings (SSSR count). The van der Waals surface area contributed by atoms with Gasteiger partial charge in [0.25, 0.3) is 5.91 Å². The van der Waals surface area contributed by atoms with E-state index in [0.717, 1.165) is 25.1 Å². The highest BCUT2D eigenvalue weighted by atomic mass is 16.2. The standard InChI is InChI=1S/C18H19N5O/c24-18(17-12-19-14-22(17)15-6-2-1-3-7-15)21-10-4-8-16(13-21)23-11-5-9-20-23/h1-3,5-7,9,11-12,14,16H,4,8,10,13H2. The number of benzene rings is 1. The number of likely N-dealkylation sites (tertiary alicyclic amines) is 1. The first-order valence-corrected chi connectivity index (χ1v) is 8.19. The third-order valence-electron chi connectivity index (χ3n) is 4.47. The number of nitrogens with zero attached hydrogens (tertiary/aromatic N) is 5. The molecular formula is C18H19N5O. The average molecular weight is 321 g/mol. The quantitative estimate of drug-likeness (QED) is 0.745. The molecule has 1 aromatic carbocycles. The molecule has 1 aliphatic rings. The first-order chi connectivity index (χ1) is 11.8. The lowest BCUT2D eigenvalue weighted by molar-refractivity contribution is 0.0665. The van der Waals surface area contributed by atoms with E-state index >= 15 is 0 Å².